The number of nitrogens with two attached hydrogens (primary N) is 1. The molecule has 1 amide bonds. The van der Waals surface area contributed by atoms with Crippen molar-refractivity contribution in [2.45, 2.75) is 12.8 Å². The fourth-order valence-corrected chi connectivity index (χ4v) is 3.50. The van der Waals surface area contributed by atoms with E-state index in [0.29, 0.717) is 6.54 Å². The summed E-state index contributed by atoms with van der Waals surface area (Å²) in [7, 11) is 0. The third-order valence-electron chi connectivity index (χ3n) is 3.22. The van der Waals surface area contributed by atoms with Gasteiger partial charge in [-0.1, -0.05) is 0 Å². The summed E-state index contributed by atoms with van der Waals surface area (Å²) in [4.78, 5) is 14.4. The molecule has 0 unspecified atom stereocenters. The molecule has 1 saturated heterocycles. The third-order valence-corrected chi connectivity index (χ3v) is 4.76. The van der Waals surface area contributed by atoms with Crippen molar-refractivity contribution in [1.82, 2.24) is 4.90 Å². The molecule has 0 bridgehead atoms. The fraction of sp³-hybridized carbons (Fsp3) is 0.583. The molecule has 2 rings (SSSR count). The molecule has 0 radical (unpaired) electrons. The number of halogens is 1. The van der Waals surface area contributed by atoms with Gasteiger partial charge >= 0.3 is 0 Å². The topological polar surface area (TPSA) is 58.4 Å². The van der Waals surface area contributed by atoms with Crippen molar-refractivity contribution in [1.29, 1.82) is 0 Å². The van der Waals surface area contributed by atoms with Gasteiger partial charge in [-0.05, 0) is 54.0 Å². The van der Waals surface area contributed by atoms with E-state index in [1.54, 1.807) is 11.3 Å². The minimum Gasteiger partial charge on any atom is -0.329 e. The summed E-state index contributed by atoms with van der Waals surface area (Å²) in [5, 5.41) is 3.90. The lowest BCUT2D eigenvalue weighted by molar-refractivity contribution is -0.121. The lowest BCUT2D eigenvalue weighted by Gasteiger charge is -2.30. The van der Waals surface area contributed by atoms with Crippen molar-refractivity contribution in [3.05, 3.63) is 15.9 Å². The van der Waals surface area contributed by atoms with Crippen LogP contribution in [0.25, 0.3) is 0 Å². The monoisotopic (exact) mass is 331 g/mol. The van der Waals surface area contributed by atoms with Crippen LogP contribution >= 0.6 is 27.3 Å². The van der Waals surface area contributed by atoms with Crippen molar-refractivity contribution >= 4 is 38.2 Å². The highest BCUT2D eigenvalue weighted by Crippen LogP contribution is 2.27. The molecule has 1 aliphatic rings. The number of nitrogens with zero attached hydrogens (tertiary/aromatic N) is 1. The van der Waals surface area contributed by atoms with Gasteiger partial charge in [0.1, 0.15) is 0 Å². The molecule has 6 heteroatoms. The number of piperidine rings is 1. The van der Waals surface area contributed by atoms with Gasteiger partial charge in [0.05, 0.1) is 8.79 Å². The number of hydrogen-bond donors (Lipinski definition) is 2. The molecule has 0 spiro atoms. The molecule has 2 heterocycles. The first-order valence-electron chi connectivity index (χ1n) is 6.17. The summed E-state index contributed by atoms with van der Waals surface area (Å²) < 4.78 is 1.04. The van der Waals surface area contributed by atoms with E-state index >= 15 is 0 Å². The van der Waals surface area contributed by atoms with Crippen molar-refractivity contribution in [3.8, 4) is 0 Å². The lowest BCUT2D eigenvalue weighted by Crippen LogP contribution is -2.40. The Balaban J connectivity index is 1.80. The van der Waals surface area contributed by atoms with E-state index in [0.717, 1.165) is 41.3 Å². The van der Waals surface area contributed by atoms with E-state index in [4.69, 9.17) is 5.73 Å². The van der Waals surface area contributed by atoms with Gasteiger partial charge in [-0.25, -0.2) is 0 Å². The Bertz CT molecular complexity index is 402. The van der Waals surface area contributed by atoms with Crippen molar-refractivity contribution in [2.75, 3.05) is 31.5 Å². The molecule has 0 aromatic carbocycles. The Morgan fingerprint density at radius 1 is 1.50 bits per heavy atom. The zero-order valence-electron chi connectivity index (χ0n) is 10.2. The van der Waals surface area contributed by atoms with E-state index in [9.17, 15) is 4.79 Å². The molecule has 18 heavy (non-hydrogen) atoms. The Hall–Kier alpha value is -0.430. The maximum atomic E-state index is 12.1. The van der Waals surface area contributed by atoms with Crippen LogP contribution in [0.4, 0.5) is 5.00 Å². The highest BCUT2D eigenvalue weighted by atomic mass is 79.9. The summed E-state index contributed by atoms with van der Waals surface area (Å²) in [5.41, 5.74) is 5.53. The molecular formula is C12H18BrN3OS. The van der Waals surface area contributed by atoms with Gasteiger partial charge in [0, 0.05) is 19.0 Å². The number of carbonyl (C=O) groups excluding carboxylic acids is 1. The van der Waals surface area contributed by atoms with Gasteiger partial charge < -0.3 is 16.0 Å². The van der Waals surface area contributed by atoms with E-state index in [-0.39, 0.29) is 11.8 Å². The lowest BCUT2D eigenvalue weighted by atomic mass is 9.96. The molecular weight excluding hydrogens is 314 g/mol. The predicted octanol–water partition coefficient (Wildman–Crippen LogP) is 2.12. The maximum absolute atomic E-state index is 12.1. The Morgan fingerprint density at radius 3 is 2.78 bits per heavy atom. The first kappa shape index (κ1) is 14.0. The summed E-state index contributed by atoms with van der Waals surface area (Å²) in [6.07, 6.45) is 1.86. The van der Waals surface area contributed by atoms with Gasteiger partial charge in [-0.2, -0.15) is 0 Å². The number of amides is 1. The van der Waals surface area contributed by atoms with Gasteiger partial charge in [-0.15, -0.1) is 11.3 Å². The second kappa shape index (κ2) is 6.65. The van der Waals surface area contributed by atoms with E-state index < -0.39 is 0 Å². The number of thiophene rings is 1. The zero-order valence-corrected chi connectivity index (χ0v) is 12.6. The van der Waals surface area contributed by atoms with E-state index in [2.05, 4.69) is 26.1 Å². The van der Waals surface area contributed by atoms with Crippen LogP contribution in [0.3, 0.4) is 0 Å². The first-order chi connectivity index (χ1) is 8.69. The van der Waals surface area contributed by atoms with Crippen molar-refractivity contribution in [3.63, 3.8) is 0 Å². The molecule has 0 aliphatic carbocycles. The Morgan fingerprint density at radius 2 is 2.22 bits per heavy atom. The number of likely N-dealkylation sites (tertiary alicyclic amines) is 1. The van der Waals surface area contributed by atoms with Crippen LogP contribution in [0, 0.1) is 5.92 Å². The molecule has 1 aliphatic heterocycles. The summed E-state index contributed by atoms with van der Waals surface area (Å²) in [6.45, 7) is 3.58. The number of carbonyl (C=O) groups is 1. The quantitative estimate of drug-likeness (QED) is 0.888. The zero-order chi connectivity index (χ0) is 13.0. The van der Waals surface area contributed by atoms with Crippen LogP contribution in [0.15, 0.2) is 15.9 Å². The number of nitrogens with one attached hydrogen (secondary N) is 1. The molecule has 1 aromatic heterocycles. The highest BCUT2D eigenvalue weighted by Gasteiger charge is 2.24. The molecule has 0 atom stereocenters. The largest absolute Gasteiger partial charge is 0.329 e. The highest BCUT2D eigenvalue weighted by molar-refractivity contribution is 9.11. The molecule has 4 nitrogen and oxygen atoms in total. The van der Waals surface area contributed by atoms with Crippen molar-refractivity contribution < 1.29 is 4.79 Å². The van der Waals surface area contributed by atoms with Gasteiger partial charge in [0.15, 0.2) is 0 Å². The minimum absolute atomic E-state index is 0.139. The van der Waals surface area contributed by atoms with Crippen LogP contribution < -0.4 is 11.1 Å². The molecule has 1 fully saturated rings. The minimum atomic E-state index is 0.139. The Kier molecular flexibility index (Phi) is 5.17. The van der Waals surface area contributed by atoms with Crippen molar-refractivity contribution in [2.24, 2.45) is 11.7 Å². The normalized spacial score (nSPS) is 17.9. The third kappa shape index (κ3) is 3.78. The van der Waals surface area contributed by atoms with Crippen LogP contribution in [0.5, 0.6) is 0 Å². The Labute approximate surface area is 120 Å². The number of rotatable bonds is 4. The summed E-state index contributed by atoms with van der Waals surface area (Å²) in [6, 6.07) is 3.88. The van der Waals surface area contributed by atoms with Crippen LogP contribution in [-0.2, 0) is 4.79 Å². The summed E-state index contributed by atoms with van der Waals surface area (Å²) in [5.74, 6) is 0.289. The SMILES string of the molecule is NCCN1CCC(C(=O)Nc2ccc(Br)s2)CC1. The average Bonchev–Trinajstić information content (AvgIpc) is 2.76. The van der Waals surface area contributed by atoms with Gasteiger partial charge in [-0.3, -0.25) is 4.79 Å². The second-order valence-electron chi connectivity index (χ2n) is 4.50. The summed E-state index contributed by atoms with van der Waals surface area (Å²) >= 11 is 4.94. The van der Waals surface area contributed by atoms with Crippen LogP contribution in [0.2, 0.25) is 0 Å². The van der Waals surface area contributed by atoms with E-state index in [1.165, 1.54) is 0 Å². The molecule has 100 valence electrons. The predicted molar refractivity (Wildman–Crippen MR) is 78.9 cm³/mol. The van der Waals surface area contributed by atoms with Crippen LogP contribution in [-0.4, -0.2) is 37.0 Å². The van der Waals surface area contributed by atoms with E-state index in [1.807, 2.05) is 12.1 Å². The molecule has 1 aromatic rings. The maximum Gasteiger partial charge on any atom is 0.228 e. The molecule has 0 saturated carbocycles. The van der Waals surface area contributed by atoms with Crippen LogP contribution in [0.1, 0.15) is 12.8 Å². The van der Waals surface area contributed by atoms with Gasteiger partial charge in [0.25, 0.3) is 0 Å². The average molecular weight is 332 g/mol. The number of anilines is 1. The molecule has 3 N–H and O–H groups in total. The fourth-order valence-electron chi connectivity index (χ4n) is 2.21. The second-order valence-corrected chi connectivity index (χ2v) is 6.96. The first-order valence-corrected chi connectivity index (χ1v) is 7.78. The standard InChI is InChI=1S/C12H18BrN3OS/c13-10-1-2-11(18-10)15-12(17)9-3-6-16(7-4-9)8-5-14/h1-2,9H,3-8,14H2,(H,15,17). The van der Waals surface area contributed by atoms with Gasteiger partial charge in [0.2, 0.25) is 5.91 Å². The number of hydrogen-bond acceptors (Lipinski definition) is 4. The smallest absolute Gasteiger partial charge is 0.228 e.